The highest BCUT2D eigenvalue weighted by molar-refractivity contribution is 5.92. The second-order valence-electron chi connectivity index (χ2n) is 3.80. The summed E-state index contributed by atoms with van der Waals surface area (Å²) in [4.78, 5) is 25.4. The topological polar surface area (TPSA) is 143 Å². The van der Waals surface area contributed by atoms with Crippen LogP contribution in [-0.4, -0.2) is 45.5 Å². The van der Waals surface area contributed by atoms with Crippen molar-refractivity contribution in [1.29, 1.82) is 0 Å². The molecule has 0 amide bonds. The molecule has 0 saturated carbocycles. The van der Waals surface area contributed by atoms with Crippen molar-refractivity contribution < 1.29 is 29.6 Å². The van der Waals surface area contributed by atoms with E-state index in [4.69, 9.17) is 10.8 Å². The van der Waals surface area contributed by atoms with Gasteiger partial charge < -0.3 is 25.8 Å². The summed E-state index contributed by atoms with van der Waals surface area (Å²) >= 11 is 0. The van der Waals surface area contributed by atoms with Gasteiger partial charge in [0, 0.05) is 11.8 Å². The number of hydrogen-bond donors (Lipinski definition) is 4. The van der Waals surface area contributed by atoms with E-state index in [2.05, 4.69) is 9.72 Å². The molecule has 0 aromatic carbocycles. The Morgan fingerprint density at radius 1 is 1.47 bits per heavy atom. The summed E-state index contributed by atoms with van der Waals surface area (Å²) < 4.78 is 4.35. The van der Waals surface area contributed by atoms with Crippen LogP contribution in [0.4, 0.5) is 5.82 Å². The summed E-state index contributed by atoms with van der Waals surface area (Å²) in [5, 5.41) is 28.3. The molecule has 1 rings (SSSR count). The molecule has 0 aliphatic heterocycles. The molecule has 0 spiro atoms. The van der Waals surface area contributed by atoms with E-state index in [1.54, 1.807) is 0 Å². The summed E-state index contributed by atoms with van der Waals surface area (Å²) in [6.45, 7) is 0. The number of carboxylic acid groups (broad SMARTS) is 1. The molecule has 0 aliphatic carbocycles. The summed E-state index contributed by atoms with van der Waals surface area (Å²) in [5.74, 6) is -2.21. The van der Waals surface area contributed by atoms with E-state index < -0.39 is 30.6 Å². The van der Waals surface area contributed by atoms with Crippen molar-refractivity contribution >= 4 is 17.8 Å². The number of ether oxygens (including phenoxy) is 1. The number of aliphatic hydroxyl groups is 2. The number of anilines is 1. The van der Waals surface area contributed by atoms with E-state index in [0.717, 1.165) is 19.4 Å². The average Bonchev–Trinajstić information content (AvgIpc) is 2.37. The minimum atomic E-state index is -1.47. The SMILES string of the molecule is COC(=O)CC(O)C(O)c1cnc(N)c(C(=O)O)c1. The monoisotopic (exact) mass is 270 g/mol. The van der Waals surface area contributed by atoms with Crippen LogP contribution in [0.15, 0.2) is 12.3 Å². The molecule has 2 unspecified atom stereocenters. The second-order valence-corrected chi connectivity index (χ2v) is 3.80. The van der Waals surface area contributed by atoms with E-state index >= 15 is 0 Å². The number of aliphatic hydroxyl groups excluding tert-OH is 2. The standard InChI is InChI=1S/C11H14N2O6/c1-19-8(15)3-7(14)9(16)5-2-6(11(17)18)10(12)13-4-5/h2,4,7,9,14,16H,3H2,1H3,(H2,12,13)(H,17,18). The van der Waals surface area contributed by atoms with Crippen LogP contribution in [0.25, 0.3) is 0 Å². The first-order valence-corrected chi connectivity index (χ1v) is 5.28. The largest absolute Gasteiger partial charge is 0.478 e. The van der Waals surface area contributed by atoms with Crippen LogP contribution >= 0.6 is 0 Å². The zero-order valence-electron chi connectivity index (χ0n) is 10.1. The number of hydrogen-bond acceptors (Lipinski definition) is 7. The third-order valence-corrected chi connectivity index (χ3v) is 2.48. The quantitative estimate of drug-likeness (QED) is 0.515. The number of aromatic nitrogens is 1. The predicted octanol–water partition coefficient (Wildman–Crippen LogP) is -0.681. The molecule has 5 N–H and O–H groups in total. The lowest BCUT2D eigenvalue weighted by Gasteiger charge is -2.17. The fourth-order valence-electron chi connectivity index (χ4n) is 1.41. The smallest absolute Gasteiger partial charge is 0.339 e. The van der Waals surface area contributed by atoms with Gasteiger partial charge in [0.1, 0.15) is 17.5 Å². The maximum absolute atomic E-state index is 11.0. The van der Waals surface area contributed by atoms with E-state index in [1.807, 2.05) is 0 Å². The molecule has 1 heterocycles. The molecule has 8 nitrogen and oxygen atoms in total. The van der Waals surface area contributed by atoms with Crippen molar-refractivity contribution in [2.24, 2.45) is 0 Å². The molecular formula is C11H14N2O6. The minimum Gasteiger partial charge on any atom is -0.478 e. The summed E-state index contributed by atoms with van der Waals surface area (Å²) in [6.07, 6.45) is -2.19. The normalized spacial score (nSPS) is 13.6. The molecule has 0 saturated heterocycles. The van der Waals surface area contributed by atoms with Crippen LogP contribution < -0.4 is 5.73 Å². The number of esters is 1. The van der Waals surface area contributed by atoms with Crippen LogP contribution in [0, 0.1) is 0 Å². The zero-order chi connectivity index (χ0) is 14.6. The Bertz CT molecular complexity index is 490. The highest BCUT2D eigenvalue weighted by atomic mass is 16.5. The van der Waals surface area contributed by atoms with E-state index in [9.17, 15) is 19.8 Å². The van der Waals surface area contributed by atoms with Gasteiger partial charge in [0.2, 0.25) is 0 Å². The number of methoxy groups -OCH3 is 1. The van der Waals surface area contributed by atoms with Gasteiger partial charge in [-0.25, -0.2) is 9.78 Å². The van der Waals surface area contributed by atoms with E-state index in [1.165, 1.54) is 0 Å². The molecule has 0 fully saturated rings. The minimum absolute atomic E-state index is 0.0444. The van der Waals surface area contributed by atoms with Crippen molar-refractivity contribution in [3.05, 3.63) is 23.4 Å². The van der Waals surface area contributed by atoms with Crippen molar-refractivity contribution in [3.63, 3.8) is 0 Å². The number of carbonyl (C=O) groups excluding carboxylic acids is 1. The third-order valence-electron chi connectivity index (χ3n) is 2.48. The fourth-order valence-corrected chi connectivity index (χ4v) is 1.41. The maximum Gasteiger partial charge on any atom is 0.339 e. The van der Waals surface area contributed by atoms with Crippen molar-refractivity contribution in [1.82, 2.24) is 4.98 Å². The van der Waals surface area contributed by atoms with Crippen molar-refractivity contribution in [2.75, 3.05) is 12.8 Å². The number of nitrogens with zero attached hydrogens (tertiary/aromatic N) is 1. The Balaban J connectivity index is 2.93. The molecule has 0 radical (unpaired) electrons. The van der Waals surface area contributed by atoms with Gasteiger partial charge in [0.15, 0.2) is 0 Å². The van der Waals surface area contributed by atoms with Gasteiger partial charge >= 0.3 is 11.9 Å². The van der Waals surface area contributed by atoms with Gasteiger partial charge in [-0.05, 0) is 6.07 Å². The lowest BCUT2D eigenvalue weighted by Crippen LogP contribution is -2.23. The molecule has 1 aromatic heterocycles. The average molecular weight is 270 g/mol. The second kappa shape index (κ2) is 6.12. The molecule has 8 heteroatoms. The number of carbonyl (C=O) groups is 2. The number of carboxylic acids is 1. The summed E-state index contributed by atoms with van der Waals surface area (Å²) in [5.41, 5.74) is 5.11. The molecule has 1 aromatic rings. The molecular weight excluding hydrogens is 256 g/mol. The van der Waals surface area contributed by atoms with Crippen LogP contribution in [0.2, 0.25) is 0 Å². The first-order valence-electron chi connectivity index (χ1n) is 5.28. The summed E-state index contributed by atoms with van der Waals surface area (Å²) in [6, 6.07) is 1.09. The van der Waals surface area contributed by atoms with Gasteiger partial charge in [0.05, 0.1) is 19.6 Å². The number of aromatic carboxylic acids is 1. The van der Waals surface area contributed by atoms with Crippen molar-refractivity contribution in [2.45, 2.75) is 18.6 Å². The van der Waals surface area contributed by atoms with Gasteiger partial charge in [-0.3, -0.25) is 4.79 Å². The highest BCUT2D eigenvalue weighted by Gasteiger charge is 2.23. The van der Waals surface area contributed by atoms with Crippen molar-refractivity contribution in [3.8, 4) is 0 Å². The lowest BCUT2D eigenvalue weighted by atomic mass is 10.0. The van der Waals surface area contributed by atoms with Gasteiger partial charge in [-0.2, -0.15) is 0 Å². The molecule has 19 heavy (non-hydrogen) atoms. The molecule has 0 aliphatic rings. The van der Waals surface area contributed by atoms with E-state index in [-0.39, 0.29) is 16.9 Å². The molecule has 104 valence electrons. The van der Waals surface area contributed by atoms with Crippen LogP contribution in [-0.2, 0) is 9.53 Å². The molecule has 2 atom stereocenters. The lowest BCUT2D eigenvalue weighted by molar-refractivity contribution is -0.144. The Morgan fingerprint density at radius 3 is 2.63 bits per heavy atom. The zero-order valence-corrected chi connectivity index (χ0v) is 10.1. The third kappa shape index (κ3) is 3.63. The first-order chi connectivity index (χ1) is 8.86. The van der Waals surface area contributed by atoms with Crippen LogP contribution in [0.1, 0.15) is 28.4 Å². The van der Waals surface area contributed by atoms with Gasteiger partial charge in [-0.1, -0.05) is 0 Å². The fraction of sp³-hybridized carbons (Fsp3) is 0.364. The Kier molecular flexibility index (Phi) is 4.79. The number of nitrogen functional groups attached to an aromatic ring is 1. The Hall–Kier alpha value is -2.19. The number of rotatable bonds is 5. The molecule has 0 bridgehead atoms. The number of nitrogens with two attached hydrogens (primary N) is 1. The summed E-state index contributed by atoms with van der Waals surface area (Å²) in [7, 11) is 1.15. The van der Waals surface area contributed by atoms with Gasteiger partial charge in [-0.15, -0.1) is 0 Å². The predicted molar refractivity (Wildman–Crippen MR) is 63.2 cm³/mol. The Labute approximate surface area is 108 Å². The Morgan fingerprint density at radius 2 is 2.11 bits per heavy atom. The van der Waals surface area contributed by atoms with Gasteiger partial charge in [0.25, 0.3) is 0 Å². The number of pyridine rings is 1. The maximum atomic E-state index is 11.0. The first kappa shape index (κ1) is 14.9. The van der Waals surface area contributed by atoms with Crippen LogP contribution in [0.5, 0.6) is 0 Å². The highest BCUT2D eigenvalue weighted by Crippen LogP contribution is 2.21. The van der Waals surface area contributed by atoms with Crippen LogP contribution in [0.3, 0.4) is 0 Å². The van der Waals surface area contributed by atoms with E-state index in [0.29, 0.717) is 0 Å².